The minimum absolute atomic E-state index is 0.118. The molecule has 0 saturated heterocycles. The molecule has 116 valence electrons. The Morgan fingerprint density at radius 1 is 1.33 bits per heavy atom. The van der Waals surface area contributed by atoms with Crippen LogP contribution in [0.1, 0.15) is 55.7 Å². The smallest absolute Gasteiger partial charge is 0.0947 e. The van der Waals surface area contributed by atoms with Gasteiger partial charge in [-0.05, 0) is 25.1 Å². The van der Waals surface area contributed by atoms with Gasteiger partial charge in [-0.3, -0.25) is 0 Å². The zero-order chi connectivity index (χ0) is 15.5. The number of nitrogens with zero attached hydrogens (tertiary/aromatic N) is 1. The van der Waals surface area contributed by atoms with E-state index in [2.05, 4.69) is 44.5 Å². The van der Waals surface area contributed by atoms with Crippen molar-refractivity contribution in [3.05, 3.63) is 37.4 Å². The Bertz CT molecular complexity index is 569. The van der Waals surface area contributed by atoms with E-state index in [9.17, 15) is 0 Å². The molecule has 0 spiro atoms. The lowest BCUT2D eigenvalue weighted by molar-refractivity contribution is 0.530. The van der Waals surface area contributed by atoms with Crippen molar-refractivity contribution in [2.75, 3.05) is 6.54 Å². The van der Waals surface area contributed by atoms with Crippen LogP contribution in [-0.4, -0.2) is 11.5 Å². The Kier molecular flexibility index (Phi) is 5.83. The summed E-state index contributed by atoms with van der Waals surface area (Å²) in [5.74, 6) is 0. The van der Waals surface area contributed by atoms with Crippen molar-refractivity contribution in [3.63, 3.8) is 0 Å². The fraction of sp³-hybridized carbons (Fsp3) is 0.562. The fourth-order valence-electron chi connectivity index (χ4n) is 2.03. The second kappa shape index (κ2) is 7.23. The third kappa shape index (κ3) is 4.78. The molecule has 0 amide bonds. The van der Waals surface area contributed by atoms with Gasteiger partial charge >= 0.3 is 0 Å². The lowest BCUT2D eigenvalue weighted by Gasteiger charge is -2.16. The number of halogens is 1. The molecule has 0 aliphatic carbocycles. The van der Waals surface area contributed by atoms with E-state index >= 15 is 0 Å². The second-order valence-corrected chi connectivity index (χ2v) is 8.92. The number of hydrogen-bond donors (Lipinski definition) is 1. The van der Waals surface area contributed by atoms with Crippen LogP contribution >= 0.6 is 34.3 Å². The molecular weight excluding hydrogens is 320 g/mol. The zero-order valence-electron chi connectivity index (χ0n) is 13.1. The molecule has 1 unspecified atom stereocenters. The number of thiophene rings is 1. The van der Waals surface area contributed by atoms with E-state index in [0.29, 0.717) is 6.04 Å². The van der Waals surface area contributed by atoms with Crippen molar-refractivity contribution < 1.29 is 0 Å². The van der Waals surface area contributed by atoms with Crippen LogP contribution in [-0.2, 0) is 11.8 Å². The van der Waals surface area contributed by atoms with E-state index in [0.717, 1.165) is 23.7 Å². The molecule has 2 nitrogen and oxygen atoms in total. The van der Waals surface area contributed by atoms with Gasteiger partial charge in [0, 0.05) is 28.1 Å². The Hall–Kier alpha value is -0.420. The van der Waals surface area contributed by atoms with E-state index in [1.807, 2.05) is 6.07 Å². The Balaban J connectivity index is 2.13. The first kappa shape index (κ1) is 16.9. The maximum atomic E-state index is 6.08. The molecule has 5 heteroatoms. The highest BCUT2D eigenvalue weighted by atomic mass is 35.5. The molecule has 0 fully saturated rings. The summed E-state index contributed by atoms with van der Waals surface area (Å²) in [5, 5.41) is 6.99. The van der Waals surface area contributed by atoms with Crippen LogP contribution in [0.3, 0.4) is 0 Å². The molecule has 2 aromatic rings. The van der Waals surface area contributed by atoms with Gasteiger partial charge in [-0.25, -0.2) is 4.98 Å². The minimum atomic E-state index is 0.118. The van der Waals surface area contributed by atoms with Gasteiger partial charge in [0.1, 0.15) is 0 Å². The van der Waals surface area contributed by atoms with Crippen molar-refractivity contribution >= 4 is 34.3 Å². The second-order valence-electron chi connectivity index (χ2n) is 6.23. The number of aromatic nitrogens is 1. The van der Waals surface area contributed by atoms with Crippen molar-refractivity contribution in [2.45, 2.75) is 52.0 Å². The normalized spacial score (nSPS) is 13.6. The first-order valence-electron chi connectivity index (χ1n) is 7.33. The minimum Gasteiger partial charge on any atom is -0.309 e. The van der Waals surface area contributed by atoms with E-state index < -0.39 is 0 Å². The van der Waals surface area contributed by atoms with Crippen molar-refractivity contribution in [2.24, 2.45) is 0 Å². The highest BCUT2D eigenvalue weighted by Gasteiger charge is 2.20. The lowest BCUT2D eigenvalue weighted by atomic mass is 9.93. The van der Waals surface area contributed by atoms with Gasteiger partial charge in [0.2, 0.25) is 0 Å². The van der Waals surface area contributed by atoms with Crippen LogP contribution in [0.4, 0.5) is 0 Å². The van der Waals surface area contributed by atoms with Gasteiger partial charge < -0.3 is 5.32 Å². The van der Waals surface area contributed by atoms with Gasteiger partial charge in [-0.1, -0.05) is 39.3 Å². The summed E-state index contributed by atoms with van der Waals surface area (Å²) >= 11 is 9.50. The Morgan fingerprint density at radius 2 is 2.10 bits per heavy atom. The summed E-state index contributed by atoms with van der Waals surface area (Å²) < 4.78 is 0.850. The summed E-state index contributed by atoms with van der Waals surface area (Å²) in [6, 6.07) is 4.41. The molecule has 0 aromatic carbocycles. The number of hydrogen-bond acceptors (Lipinski definition) is 4. The van der Waals surface area contributed by atoms with Gasteiger partial charge in [0.05, 0.1) is 15.0 Å². The average molecular weight is 343 g/mol. The van der Waals surface area contributed by atoms with Gasteiger partial charge in [-0.15, -0.1) is 22.7 Å². The predicted molar refractivity (Wildman–Crippen MR) is 94.9 cm³/mol. The molecule has 1 atom stereocenters. The predicted octanol–water partition coefficient (Wildman–Crippen LogP) is 5.44. The molecular formula is C16H23ClN2S2. The topological polar surface area (TPSA) is 24.9 Å². The Labute approximate surface area is 140 Å². The molecule has 0 bridgehead atoms. The largest absolute Gasteiger partial charge is 0.309 e. The lowest BCUT2D eigenvalue weighted by Crippen LogP contribution is -2.23. The zero-order valence-corrected chi connectivity index (χ0v) is 15.5. The van der Waals surface area contributed by atoms with Crippen molar-refractivity contribution in [1.29, 1.82) is 0 Å². The SMILES string of the molecule is CCCNC(Cc1nc(C(C)(C)C)cs1)c1ccc(Cl)s1. The van der Waals surface area contributed by atoms with Gasteiger partial charge in [0.25, 0.3) is 0 Å². The molecule has 21 heavy (non-hydrogen) atoms. The molecule has 1 N–H and O–H groups in total. The average Bonchev–Trinajstić information content (AvgIpc) is 3.02. The summed E-state index contributed by atoms with van der Waals surface area (Å²) in [4.78, 5) is 6.10. The quantitative estimate of drug-likeness (QED) is 0.756. The number of rotatable bonds is 6. The highest BCUT2D eigenvalue weighted by Crippen LogP contribution is 2.31. The van der Waals surface area contributed by atoms with Crippen LogP contribution in [0.5, 0.6) is 0 Å². The molecule has 0 aliphatic rings. The number of nitrogens with one attached hydrogen (secondary N) is 1. The van der Waals surface area contributed by atoms with Crippen molar-refractivity contribution in [3.8, 4) is 0 Å². The van der Waals surface area contributed by atoms with E-state index in [1.165, 1.54) is 15.6 Å². The van der Waals surface area contributed by atoms with E-state index in [4.69, 9.17) is 16.6 Å². The van der Waals surface area contributed by atoms with E-state index in [-0.39, 0.29) is 5.41 Å². The van der Waals surface area contributed by atoms with Crippen LogP contribution in [0.2, 0.25) is 4.34 Å². The third-order valence-electron chi connectivity index (χ3n) is 3.28. The monoisotopic (exact) mass is 342 g/mol. The molecule has 2 heterocycles. The summed E-state index contributed by atoms with van der Waals surface area (Å²) in [6.07, 6.45) is 2.05. The number of thiazole rings is 1. The summed E-state index contributed by atoms with van der Waals surface area (Å²) in [7, 11) is 0. The summed E-state index contributed by atoms with van der Waals surface area (Å²) in [6.45, 7) is 9.82. The molecule has 0 aliphatic heterocycles. The summed E-state index contributed by atoms with van der Waals surface area (Å²) in [5.41, 5.74) is 1.30. The van der Waals surface area contributed by atoms with Crippen LogP contribution in [0, 0.1) is 0 Å². The standard InChI is InChI=1S/C16H23ClN2S2/c1-5-8-18-11(12-6-7-14(17)21-12)9-15-19-13(10-20-15)16(2,3)4/h6-7,10-11,18H,5,8-9H2,1-4H3. The van der Waals surface area contributed by atoms with Gasteiger partial charge in [-0.2, -0.15) is 0 Å². The van der Waals surface area contributed by atoms with Gasteiger partial charge in [0.15, 0.2) is 0 Å². The molecule has 2 rings (SSSR count). The fourth-order valence-corrected chi connectivity index (χ4v) is 4.24. The molecule has 2 aromatic heterocycles. The third-order valence-corrected chi connectivity index (χ3v) is 5.49. The molecule has 0 radical (unpaired) electrons. The molecule has 0 saturated carbocycles. The highest BCUT2D eigenvalue weighted by molar-refractivity contribution is 7.16. The van der Waals surface area contributed by atoms with Crippen LogP contribution in [0.15, 0.2) is 17.5 Å². The maximum Gasteiger partial charge on any atom is 0.0947 e. The Morgan fingerprint density at radius 3 is 2.62 bits per heavy atom. The first-order valence-corrected chi connectivity index (χ1v) is 9.41. The maximum absolute atomic E-state index is 6.08. The van der Waals surface area contributed by atoms with Crippen molar-refractivity contribution in [1.82, 2.24) is 10.3 Å². The van der Waals surface area contributed by atoms with E-state index in [1.54, 1.807) is 22.7 Å². The first-order chi connectivity index (χ1) is 9.90. The van der Waals surface area contributed by atoms with Crippen LogP contribution < -0.4 is 5.32 Å². The van der Waals surface area contributed by atoms with Crippen LogP contribution in [0.25, 0.3) is 0 Å².